The zero-order chi connectivity index (χ0) is 13.2. The van der Waals surface area contributed by atoms with Crippen LogP contribution < -0.4 is 0 Å². The van der Waals surface area contributed by atoms with E-state index in [0.29, 0.717) is 5.82 Å². The Morgan fingerprint density at radius 1 is 1.28 bits per heavy atom. The lowest BCUT2D eigenvalue weighted by atomic mass is 10.1. The molecule has 1 aliphatic rings. The maximum atomic E-state index is 11.2. The van der Waals surface area contributed by atoms with Gasteiger partial charge < -0.3 is 9.47 Å². The molecule has 0 atom stereocenters. The lowest BCUT2D eigenvalue weighted by Gasteiger charge is -2.26. The molecule has 1 aromatic rings. The first-order chi connectivity index (χ1) is 8.47. The van der Waals surface area contributed by atoms with Crippen LogP contribution in [0, 0.1) is 6.92 Å². The topological polar surface area (TPSA) is 55.2 Å². The van der Waals surface area contributed by atoms with Crippen molar-refractivity contribution in [2.24, 2.45) is 0 Å². The lowest BCUT2D eigenvalue weighted by molar-refractivity contribution is 0.220. The van der Waals surface area contributed by atoms with Crippen LogP contribution in [0.15, 0.2) is 11.2 Å². The van der Waals surface area contributed by atoms with Crippen LogP contribution in [-0.2, 0) is 15.6 Å². The monoisotopic (exact) mass is 291 g/mol. The van der Waals surface area contributed by atoms with Gasteiger partial charge in [0.05, 0.1) is 0 Å². The van der Waals surface area contributed by atoms with Crippen molar-refractivity contribution < 1.29 is 8.42 Å². The average Bonchev–Trinajstić information content (AvgIpc) is 2.69. The van der Waals surface area contributed by atoms with Gasteiger partial charge in [-0.15, -0.1) is 0 Å². The van der Waals surface area contributed by atoms with E-state index in [4.69, 9.17) is 10.7 Å². The summed E-state index contributed by atoms with van der Waals surface area (Å²) in [5.74, 6) is 0.686. The van der Waals surface area contributed by atoms with E-state index in [1.165, 1.54) is 25.5 Å². The number of hydrogen-bond donors (Lipinski definition) is 0. The van der Waals surface area contributed by atoms with Crippen molar-refractivity contribution >= 4 is 19.7 Å². The molecule has 102 valence electrons. The zero-order valence-electron chi connectivity index (χ0n) is 10.5. The quantitative estimate of drug-likeness (QED) is 0.791. The van der Waals surface area contributed by atoms with Gasteiger partial charge >= 0.3 is 0 Å². The molecule has 0 radical (unpaired) electrons. The first kappa shape index (κ1) is 13.8. The van der Waals surface area contributed by atoms with Crippen LogP contribution >= 0.6 is 10.7 Å². The second-order valence-corrected chi connectivity index (χ2v) is 7.17. The maximum absolute atomic E-state index is 11.2. The van der Waals surface area contributed by atoms with E-state index >= 15 is 0 Å². The SMILES string of the molecule is Cc1nc(S(=O)(=O)Cl)cn1CCN1CCCCC1. The van der Waals surface area contributed by atoms with E-state index in [1.54, 1.807) is 6.92 Å². The summed E-state index contributed by atoms with van der Waals surface area (Å²) in [5, 5.41) is -0.0553. The highest BCUT2D eigenvalue weighted by atomic mass is 35.7. The Bertz CT molecular complexity index is 506. The molecular weight excluding hydrogens is 274 g/mol. The standard InChI is InChI=1S/C11H18ClN3O2S/c1-10-13-11(18(12,16)17)9-15(10)8-7-14-5-3-2-4-6-14/h9H,2-8H2,1H3. The van der Waals surface area contributed by atoms with E-state index in [0.717, 1.165) is 26.2 Å². The number of halogens is 1. The molecule has 0 bridgehead atoms. The first-order valence-corrected chi connectivity index (χ1v) is 8.48. The fourth-order valence-electron chi connectivity index (χ4n) is 2.26. The molecule has 5 nitrogen and oxygen atoms in total. The Morgan fingerprint density at radius 3 is 2.50 bits per heavy atom. The fraction of sp³-hybridized carbons (Fsp3) is 0.727. The minimum Gasteiger partial charge on any atom is -0.332 e. The van der Waals surface area contributed by atoms with Crippen molar-refractivity contribution in [1.82, 2.24) is 14.5 Å². The molecule has 1 aliphatic heterocycles. The minimum absolute atomic E-state index is 0.0553. The summed E-state index contributed by atoms with van der Waals surface area (Å²) >= 11 is 0. The number of imidazole rings is 1. The van der Waals surface area contributed by atoms with Crippen LogP contribution in [0.25, 0.3) is 0 Å². The molecule has 18 heavy (non-hydrogen) atoms. The van der Waals surface area contributed by atoms with Gasteiger partial charge in [0.2, 0.25) is 0 Å². The summed E-state index contributed by atoms with van der Waals surface area (Å²) < 4.78 is 24.2. The molecule has 0 aliphatic carbocycles. The van der Waals surface area contributed by atoms with Crippen LogP contribution in [0.5, 0.6) is 0 Å². The smallest absolute Gasteiger partial charge is 0.280 e. The predicted molar refractivity (Wildman–Crippen MR) is 70.3 cm³/mol. The van der Waals surface area contributed by atoms with Gasteiger partial charge in [0, 0.05) is 30.0 Å². The molecule has 0 unspecified atom stereocenters. The van der Waals surface area contributed by atoms with Gasteiger partial charge in [0.25, 0.3) is 9.05 Å². The van der Waals surface area contributed by atoms with Gasteiger partial charge in [0.1, 0.15) is 5.82 Å². The van der Waals surface area contributed by atoms with E-state index < -0.39 is 9.05 Å². The second-order valence-electron chi connectivity index (χ2n) is 4.66. The molecule has 0 spiro atoms. The molecular formula is C11H18ClN3O2S. The Morgan fingerprint density at radius 2 is 1.94 bits per heavy atom. The summed E-state index contributed by atoms with van der Waals surface area (Å²) in [6.07, 6.45) is 5.34. The third-order valence-corrected chi connectivity index (χ3v) is 4.48. The van der Waals surface area contributed by atoms with Crippen LogP contribution in [0.1, 0.15) is 25.1 Å². The van der Waals surface area contributed by atoms with Crippen molar-refractivity contribution in [3.63, 3.8) is 0 Å². The molecule has 0 N–H and O–H groups in total. The Hall–Kier alpha value is -0.590. The van der Waals surface area contributed by atoms with Crippen LogP contribution in [0.2, 0.25) is 0 Å². The molecule has 0 aromatic carbocycles. The van der Waals surface area contributed by atoms with E-state index in [2.05, 4.69) is 9.88 Å². The van der Waals surface area contributed by atoms with Crippen LogP contribution in [-0.4, -0.2) is 42.5 Å². The summed E-state index contributed by atoms with van der Waals surface area (Å²) in [6.45, 7) is 5.74. The van der Waals surface area contributed by atoms with E-state index in [-0.39, 0.29) is 5.03 Å². The zero-order valence-corrected chi connectivity index (χ0v) is 12.0. The first-order valence-electron chi connectivity index (χ1n) is 6.17. The average molecular weight is 292 g/mol. The summed E-state index contributed by atoms with van der Waals surface area (Å²) in [4.78, 5) is 6.37. The third kappa shape index (κ3) is 3.46. The number of rotatable bonds is 4. The van der Waals surface area contributed by atoms with Gasteiger partial charge in [-0.3, -0.25) is 0 Å². The highest BCUT2D eigenvalue weighted by Gasteiger charge is 2.16. The number of nitrogens with zero attached hydrogens (tertiary/aromatic N) is 3. The normalized spacial score (nSPS) is 18.1. The van der Waals surface area contributed by atoms with Crippen molar-refractivity contribution in [3.8, 4) is 0 Å². The number of piperidine rings is 1. The summed E-state index contributed by atoms with van der Waals surface area (Å²) in [5.41, 5.74) is 0. The van der Waals surface area contributed by atoms with E-state index in [9.17, 15) is 8.42 Å². The summed E-state index contributed by atoms with van der Waals surface area (Å²) in [6, 6.07) is 0. The number of aryl methyl sites for hydroxylation is 1. The van der Waals surface area contributed by atoms with Crippen LogP contribution in [0.4, 0.5) is 0 Å². The molecule has 1 fully saturated rings. The Kier molecular flexibility index (Phi) is 4.29. The van der Waals surface area contributed by atoms with Gasteiger partial charge in [-0.05, 0) is 32.9 Å². The number of aromatic nitrogens is 2. The molecule has 0 amide bonds. The molecule has 2 rings (SSSR count). The highest BCUT2D eigenvalue weighted by molar-refractivity contribution is 8.13. The van der Waals surface area contributed by atoms with Crippen LogP contribution in [0.3, 0.4) is 0 Å². The van der Waals surface area contributed by atoms with Crippen molar-refractivity contribution in [2.45, 2.75) is 37.8 Å². The van der Waals surface area contributed by atoms with Gasteiger partial charge in [-0.25, -0.2) is 13.4 Å². The van der Waals surface area contributed by atoms with E-state index in [1.807, 2.05) is 4.57 Å². The third-order valence-electron chi connectivity index (χ3n) is 3.31. The predicted octanol–water partition coefficient (Wildman–Crippen LogP) is 1.60. The Labute approximate surface area is 112 Å². The lowest BCUT2D eigenvalue weighted by Crippen LogP contribution is -2.32. The highest BCUT2D eigenvalue weighted by Crippen LogP contribution is 2.14. The second kappa shape index (κ2) is 5.59. The molecule has 7 heteroatoms. The minimum atomic E-state index is -3.72. The van der Waals surface area contributed by atoms with Crippen molar-refractivity contribution in [2.75, 3.05) is 19.6 Å². The van der Waals surface area contributed by atoms with Gasteiger partial charge in [-0.1, -0.05) is 6.42 Å². The van der Waals surface area contributed by atoms with Crippen molar-refractivity contribution in [1.29, 1.82) is 0 Å². The number of likely N-dealkylation sites (tertiary alicyclic amines) is 1. The number of hydrogen-bond acceptors (Lipinski definition) is 4. The largest absolute Gasteiger partial charge is 0.332 e. The molecule has 1 saturated heterocycles. The fourth-order valence-corrected chi connectivity index (χ4v) is 2.97. The molecule has 0 saturated carbocycles. The Balaban J connectivity index is 1.99. The van der Waals surface area contributed by atoms with Crippen molar-refractivity contribution in [3.05, 3.63) is 12.0 Å². The molecule has 1 aromatic heterocycles. The maximum Gasteiger partial charge on any atom is 0.280 e. The summed E-state index contributed by atoms with van der Waals surface area (Å²) in [7, 11) is 1.56. The van der Waals surface area contributed by atoms with Gasteiger partial charge in [0.15, 0.2) is 5.03 Å². The van der Waals surface area contributed by atoms with Gasteiger partial charge in [-0.2, -0.15) is 0 Å². The molecule has 2 heterocycles.